The number of rotatable bonds is 5. The number of aliphatic imine (C=N–C) groups is 1. The molecule has 1 aromatic rings. The summed E-state index contributed by atoms with van der Waals surface area (Å²) in [6.45, 7) is 5.54. The van der Waals surface area contributed by atoms with Gasteiger partial charge in [-0.15, -0.1) is 24.0 Å². The van der Waals surface area contributed by atoms with Gasteiger partial charge in [-0.2, -0.15) is 11.8 Å². The average molecular weight is 449 g/mol. The predicted octanol–water partition coefficient (Wildman–Crippen LogP) is 3.19. The fourth-order valence-corrected chi connectivity index (χ4v) is 3.46. The summed E-state index contributed by atoms with van der Waals surface area (Å²) < 4.78 is 5.75. The van der Waals surface area contributed by atoms with E-state index in [0.717, 1.165) is 45.1 Å². The average Bonchev–Trinajstić information content (AvgIpc) is 2.56. The molecule has 0 unspecified atom stereocenters. The van der Waals surface area contributed by atoms with Crippen LogP contribution in [0.25, 0.3) is 0 Å². The maximum absolute atomic E-state index is 5.49. The third kappa shape index (κ3) is 6.51. The number of hydrogen-bond donors (Lipinski definition) is 2. The predicted molar refractivity (Wildman–Crippen MR) is 111 cm³/mol. The Kier molecular flexibility index (Phi) is 9.31. The van der Waals surface area contributed by atoms with Crippen molar-refractivity contribution in [2.75, 3.05) is 33.1 Å². The van der Waals surface area contributed by atoms with Crippen LogP contribution >= 0.6 is 35.7 Å². The Morgan fingerprint density at radius 2 is 2.04 bits per heavy atom. The molecule has 130 valence electrons. The third-order valence-electron chi connectivity index (χ3n) is 4.18. The van der Waals surface area contributed by atoms with Crippen LogP contribution in [0, 0.1) is 6.92 Å². The molecule has 23 heavy (non-hydrogen) atoms. The van der Waals surface area contributed by atoms with Gasteiger partial charge < -0.3 is 15.4 Å². The summed E-state index contributed by atoms with van der Waals surface area (Å²) in [5.74, 6) is 0.862. The molecule has 0 saturated carbocycles. The number of nitrogens with zero attached hydrogens (tertiary/aromatic N) is 1. The lowest BCUT2D eigenvalue weighted by Gasteiger charge is -2.36. The molecule has 4 nitrogen and oxygen atoms in total. The summed E-state index contributed by atoms with van der Waals surface area (Å²) in [4.78, 5) is 4.33. The second kappa shape index (κ2) is 10.4. The molecular formula is C17H28IN3OS. The largest absolute Gasteiger partial charge is 0.381 e. The van der Waals surface area contributed by atoms with E-state index in [1.807, 2.05) is 18.8 Å². The standard InChI is InChI=1S/C17H27N3OS.HI/c1-14-5-4-6-15(11-14)12-19-16(18-2)20-13-17(22-3)7-9-21-10-8-17;/h4-6,11H,7-10,12-13H2,1-3H3,(H2,18,19,20);1H. The molecule has 2 N–H and O–H groups in total. The first-order valence-corrected chi connectivity index (χ1v) is 9.03. The van der Waals surface area contributed by atoms with E-state index in [4.69, 9.17) is 4.74 Å². The number of hydrogen-bond acceptors (Lipinski definition) is 3. The summed E-state index contributed by atoms with van der Waals surface area (Å²) in [5, 5.41) is 6.87. The zero-order chi connectivity index (χ0) is 15.8. The van der Waals surface area contributed by atoms with Crippen molar-refractivity contribution in [2.24, 2.45) is 4.99 Å². The van der Waals surface area contributed by atoms with Crippen LogP contribution < -0.4 is 10.6 Å². The Hall–Kier alpha value is -0.470. The molecule has 0 spiro atoms. The van der Waals surface area contributed by atoms with Gasteiger partial charge in [-0.25, -0.2) is 0 Å². The maximum atomic E-state index is 5.49. The molecule has 1 aliphatic rings. The molecule has 1 saturated heterocycles. The number of halogens is 1. The van der Waals surface area contributed by atoms with Crippen molar-refractivity contribution < 1.29 is 4.74 Å². The normalized spacial score (nSPS) is 17.3. The van der Waals surface area contributed by atoms with Gasteiger partial charge in [0.25, 0.3) is 0 Å². The Bertz CT molecular complexity index is 504. The van der Waals surface area contributed by atoms with E-state index < -0.39 is 0 Å². The summed E-state index contributed by atoms with van der Waals surface area (Å²) in [6.07, 6.45) is 4.38. The number of aryl methyl sites for hydroxylation is 1. The number of guanidine groups is 1. The van der Waals surface area contributed by atoms with Crippen LogP contribution in [0.3, 0.4) is 0 Å². The zero-order valence-corrected chi connectivity index (χ0v) is 17.4. The van der Waals surface area contributed by atoms with E-state index in [-0.39, 0.29) is 28.7 Å². The second-order valence-electron chi connectivity index (χ2n) is 5.77. The van der Waals surface area contributed by atoms with Gasteiger partial charge >= 0.3 is 0 Å². The highest BCUT2D eigenvalue weighted by molar-refractivity contribution is 14.0. The van der Waals surface area contributed by atoms with E-state index in [2.05, 4.69) is 53.1 Å². The highest BCUT2D eigenvalue weighted by Gasteiger charge is 2.31. The SMILES string of the molecule is CN=C(NCc1cccc(C)c1)NCC1(SC)CCOCC1.I. The summed E-state index contributed by atoms with van der Waals surface area (Å²) in [5.41, 5.74) is 2.55. The molecule has 0 aromatic heterocycles. The van der Waals surface area contributed by atoms with E-state index in [0.29, 0.717) is 0 Å². The van der Waals surface area contributed by atoms with Gasteiger partial charge in [-0.05, 0) is 31.6 Å². The summed E-state index contributed by atoms with van der Waals surface area (Å²) >= 11 is 1.94. The molecule has 0 amide bonds. The summed E-state index contributed by atoms with van der Waals surface area (Å²) in [6, 6.07) is 8.54. The fourth-order valence-electron chi connectivity index (χ4n) is 2.67. The Balaban J connectivity index is 0.00000264. The molecule has 2 rings (SSSR count). The van der Waals surface area contributed by atoms with Crippen molar-refractivity contribution in [3.63, 3.8) is 0 Å². The van der Waals surface area contributed by atoms with Crippen molar-refractivity contribution in [1.82, 2.24) is 10.6 Å². The molecular weight excluding hydrogens is 421 g/mol. The Morgan fingerprint density at radius 1 is 1.30 bits per heavy atom. The highest BCUT2D eigenvalue weighted by Crippen LogP contribution is 2.32. The Morgan fingerprint density at radius 3 is 2.65 bits per heavy atom. The fraction of sp³-hybridized carbons (Fsp3) is 0.588. The van der Waals surface area contributed by atoms with Gasteiger partial charge in [0.05, 0.1) is 0 Å². The van der Waals surface area contributed by atoms with Crippen LogP contribution in [0.4, 0.5) is 0 Å². The summed E-state index contributed by atoms with van der Waals surface area (Å²) in [7, 11) is 1.82. The topological polar surface area (TPSA) is 45.7 Å². The molecule has 1 aliphatic heterocycles. The highest BCUT2D eigenvalue weighted by atomic mass is 127. The molecule has 1 aromatic carbocycles. The molecule has 0 atom stereocenters. The first kappa shape index (κ1) is 20.6. The van der Waals surface area contributed by atoms with Crippen molar-refractivity contribution in [1.29, 1.82) is 0 Å². The van der Waals surface area contributed by atoms with Gasteiger partial charge in [0.2, 0.25) is 0 Å². The quantitative estimate of drug-likeness (QED) is 0.412. The van der Waals surface area contributed by atoms with Gasteiger partial charge in [0, 0.05) is 38.1 Å². The smallest absolute Gasteiger partial charge is 0.191 e. The molecule has 6 heteroatoms. The number of nitrogens with one attached hydrogen (secondary N) is 2. The molecule has 0 aliphatic carbocycles. The lowest BCUT2D eigenvalue weighted by Crippen LogP contribution is -2.47. The van der Waals surface area contributed by atoms with Gasteiger partial charge in [0.15, 0.2) is 5.96 Å². The maximum Gasteiger partial charge on any atom is 0.191 e. The minimum Gasteiger partial charge on any atom is -0.381 e. The minimum absolute atomic E-state index is 0. The molecule has 1 heterocycles. The van der Waals surface area contributed by atoms with Crippen molar-refractivity contribution in [3.8, 4) is 0 Å². The molecule has 0 bridgehead atoms. The van der Waals surface area contributed by atoms with Crippen LogP contribution in [0.2, 0.25) is 0 Å². The lowest BCUT2D eigenvalue weighted by molar-refractivity contribution is 0.0783. The van der Waals surface area contributed by atoms with Crippen molar-refractivity contribution >= 4 is 41.7 Å². The first-order valence-electron chi connectivity index (χ1n) is 7.80. The first-order chi connectivity index (χ1) is 10.7. The van der Waals surface area contributed by atoms with Crippen molar-refractivity contribution in [3.05, 3.63) is 35.4 Å². The van der Waals surface area contributed by atoms with Crippen molar-refractivity contribution in [2.45, 2.75) is 31.1 Å². The van der Waals surface area contributed by atoms with Gasteiger partial charge in [0.1, 0.15) is 0 Å². The minimum atomic E-state index is 0. The molecule has 1 fully saturated rings. The van der Waals surface area contributed by atoms with Gasteiger partial charge in [-0.3, -0.25) is 4.99 Å². The number of thioether (sulfide) groups is 1. The zero-order valence-electron chi connectivity index (χ0n) is 14.2. The monoisotopic (exact) mass is 449 g/mol. The van der Waals surface area contributed by atoms with E-state index in [9.17, 15) is 0 Å². The second-order valence-corrected chi connectivity index (χ2v) is 7.04. The van der Waals surface area contributed by atoms with E-state index >= 15 is 0 Å². The van der Waals surface area contributed by atoms with E-state index in [1.165, 1.54) is 11.1 Å². The number of benzene rings is 1. The molecule has 0 radical (unpaired) electrons. The van der Waals surface area contributed by atoms with Crippen LogP contribution in [0.5, 0.6) is 0 Å². The van der Waals surface area contributed by atoms with Crippen LogP contribution in [-0.4, -0.2) is 43.8 Å². The van der Waals surface area contributed by atoms with Crippen LogP contribution in [0.1, 0.15) is 24.0 Å². The third-order valence-corrected chi connectivity index (χ3v) is 5.60. The van der Waals surface area contributed by atoms with Crippen LogP contribution in [-0.2, 0) is 11.3 Å². The van der Waals surface area contributed by atoms with E-state index in [1.54, 1.807) is 0 Å². The number of ether oxygens (including phenoxy) is 1. The Labute approximate surface area is 161 Å². The lowest BCUT2D eigenvalue weighted by atomic mass is 9.99. The van der Waals surface area contributed by atoms with Crippen LogP contribution in [0.15, 0.2) is 29.3 Å². The van der Waals surface area contributed by atoms with Gasteiger partial charge in [-0.1, -0.05) is 29.8 Å².